The number of hydrogen-bond donors (Lipinski definition) is 0. The van der Waals surface area contributed by atoms with Crippen molar-refractivity contribution in [3.8, 4) is 0 Å². The molecule has 5 nitrogen and oxygen atoms in total. The summed E-state index contributed by atoms with van der Waals surface area (Å²) in [5.74, 6) is 2.18. The molecule has 5 heteroatoms. The van der Waals surface area contributed by atoms with Crippen molar-refractivity contribution in [2.45, 2.75) is 38.6 Å². The summed E-state index contributed by atoms with van der Waals surface area (Å²) in [5.41, 5.74) is 1.31. The largest absolute Gasteiger partial charge is 0.368 e. The van der Waals surface area contributed by atoms with E-state index in [-0.39, 0.29) is 0 Å². The predicted molar refractivity (Wildman–Crippen MR) is 108 cm³/mol. The van der Waals surface area contributed by atoms with Crippen molar-refractivity contribution in [2.75, 3.05) is 47.4 Å². The molecule has 2 aliphatic rings. The van der Waals surface area contributed by atoms with Crippen LogP contribution in [0.4, 0.5) is 17.3 Å². The molecular weight excluding hydrogens is 322 g/mol. The van der Waals surface area contributed by atoms with Gasteiger partial charge >= 0.3 is 0 Å². The number of piperidine rings is 1. The van der Waals surface area contributed by atoms with Gasteiger partial charge in [0.25, 0.3) is 0 Å². The highest BCUT2D eigenvalue weighted by atomic mass is 15.3. The number of piperazine rings is 1. The van der Waals surface area contributed by atoms with Crippen molar-refractivity contribution in [3.05, 3.63) is 42.7 Å². The molecule has 0 aliphatic carbocycles. The molecule has 1 aromatic carbocycles. The summed E-state index contributed by atoms with van der Waals surface area (Å²) >= 11 is 0. The Balaban J connectivity index is 1.44. The fraction of sp³-hybridized carbons (Fsp3) is 0.524. The van der Waals surface area contributed by atoms with Crippen molar-refractivity contribution in [3.63, 3.8) is 0 Å². The number of hydrogen-bond acceptors (Lipinski definition) is 5. The van der Waals surface area contributed by atoms with Gasteiger partial charge in [0.1, 0.15) is 18.0 Å². The van der Waals surface area contributed by atoms with E-state index in [4.69, 9.17) is 0 Å². The molecule has 1 unspecified atom stereocenters. The molecule has 2 aliphatic heterocycles. The minimum atomic E-state index is 0.626. The van der Waals surface area contributed by atoms with Gasteiger partial charge in [-0.25, -0.2) is 9.97 Å². The number of anilines is 3. The average Bonchev–Trinajstić information content (AvgIpc) is 2.74. The molecule has 3 heterocycles. The minimum Gasteiger partial charge on any atom is -0.368 e. The molecule has 1 atom stereocenters. The summed E-state index contributed by atoms with van der Waals surface area (Å²) in [6.45, 7) is 7.48. The van der Waals surface area contributed by atoms with E-state index < -0.39 is 0 Å². The molecule has 4 rings (SSSR count). The van der Waals surface area contributed by atoms with Gasteiger partial charge in [0.15, 0.2) is 0 Å². The van der Waals surface area contributed by atoms with Crippen molar-refractivity contribution in [1.82, 2.24) is 9.97 Å². The van der Waals surface area contributed by atoms with Crippen LogP contribution in [-0.2, 0) is 0 Å². The van der Waals surface area contributed by atoms with Gasteiger partial charge in [0, 0.05) is 50.5 Å². The van der Waals surface area contributed by atoms with E-state index in [1.165, 1.54) is 31.4 Å². The highest BCUT2D eigenvalue weighted by molar-refractivity contribution is 5.53. The van der Waals surface area contributed by atoms with Gasteiger partial charge in [-0.05, 0) is 37.8 Å². The number of para-hydroxylation sites is 1. The lowest BCUT2D eigenvalue weighted by molar-refractivity contribution is 0.446. The summed E-state index contributed by atoms with van der Waals surface area (Å²) in [5, 5.41) is 0. The third kappa shape index (κ3) is 3.62. The topological polar surface area (TPSA) is 35.5 Å². The van der Waals surface area contributed by atoms with Gasteiger partial charge in [-0.1, -0.05) is 25.1 Å². The molecular formula is C21H29N5. The Morgan fingerprint density at radius 2 is 1.62 bits per heavy atom. The van der Waals surface area contributed by atoms with Gasteiger partial charge in [0.05, 0.1) is 0 Å². The lowest BCUT2D eigenvalue weighted by atomic mass is 10.00. The van der Waals surface area contributed by atoms with E-state index >= 15 is 0 Å². The molecule has 0 bridgehead atoms. The van der Waals surface area contributed by atoms with Crippen LogP contribution < -0.4 is 14.7 Å². The molecule has 0 spiro atoms. The lowest BCUT2D eigenvalue weighted by Crippen LogP contribution is -2.47. The zero-order chi connectivity index (χ0) is 17.8. The maximum Gasteiger partial charge on any atom is 0.134 e. The van der Waals surface area contributed by atoms with E-state index in [1.54, 1.807) is 6.33 Å². The molecule has 2 saturated heterocycles. The first-order chi connectivity index (χ1) is 12.8. The van der Waals surface area contributed by atoms with Crippen LogP contribution in [0.1, 0.15) is 32.6 Å². The Morgan fingerprint density at radius 1 is 0.885 bits per heavy atom. The normalized spacial score (nSPS) is 21.1. The van der Waals surface area contributed by atoms with Crippen LogP contribution in [0.2, 0.25) is 0 Å². The summed E-state index contributed by atoms with van der Waals surface area (Å²) in [6, 6.07) is 13.5. The zero-order valence-electron chi connectivity index (χ0n) is 15.7. The van der Waals surface area contributed by atoms with E-state index in [1.807, 2.05) is 0 Å². The highest BCUT2D eigenvalue weighted by Crippen LogP contribution is 2.27. The predicted octanol–water partition coefficient (Wildman–Crippen LogP) is 3.57. The molecule has 0 radical (unpaired) electrons. The standard InChI is InChI=1S/C21H29N5/c1-2-18-8-6-7-11-26(18)21-16-20(22-17-23-21)25-14-12-24(13-15-25)19-9-4-3-5-10-19/h3-5,9-10,16-18H,2,6-8,11-15H2,1H3. The first-order valence-corrected chi connectivity index (χ1v) is 9.99. The van der Waals surface area contributed by atoms with E-state index in [0.29, 0.717) is 6.04 Å². The van der Waals surface area contributed by atoms with E-state index in [0.717, 1.165) is 44.4 Å². The van der Waals surface area contributed by atoms with Gasteiger partial charge in [0.2, 0.25) is 0 Å². The van der Waals surface area contributed by atoms with E-state index in [2.05, 4.69) is 68.0 Å². The zero-order valence-corrected chi connectivity index (χ0v) is 15.7. The molecule has 0 amide bonds. The first kappa shape index (κ1) is 17.1. The van der Waals surface area contributed by atoms with Gasteiger partial charge in [-0.3, -0.25) is 0 Å². The van der Waals surface area contributed by atoms with Gasteiger partial charge in [-0.2, -0.15) is 0 Å². The molecule has 2 aromatic rings. The second-order valence-corrected chi connectivity index (χ2v) is 7.30. The number of aromatic nitrogens is 2. The molecule has 26 heavy (non-hydrogen) atoms. The Morgan fingerprint density at radius 3 is 2.38 bits per heavy atom. The molecule has 2 fully saturated rings. The van der Waals surface area contributed by atoms with Crippen LogP contribution in [0.3, 0.4) is 0 Å². The van der Waals surface area contributed by atoms with Crippen molar-refractivity contribution in [2.24, 2.45) is 0 Å². The maximum atomic E-state index is 4.60. The fourth-order valence-electron chi connectivity index (χ4n) is 4.23. The third-order valence-electron chi connectivity index (χ3n) is 5.76. The number of nitrogens with zero attached hydrogens (tertiary/aromatic N) is 5. The van der Waals surface area contributed by atoms with Crippen LogP contribution in [-0.4, -0.2) is 48.7 Å². The van der Waals surface area contributed by atoms with Crippen molar-refractivity contribution in [1.29, 1.82) is 0 Å². The Labute approximate surface area is 156 Å². The second-order valence-electron chi connectivity index (χ2n) is 7.30. The van der Waals surface area contributed by atoms with Gasteiger partial charge < -0.3 is 14.7 Å². The monoisotopic (exact) mass is 351 g/mol. The van der Waals surface area contributed by atoms with E-state index in [9.17, 15) is 0 Å². The average molecular weight is 351 g/mol. The Bertz CT molecular complexity index is 697. The SMILES string of the molecule is CCC1CCCCN1c1cc(N2CCN(c3ccccc3)CC2)ncn1. The van der Waals surface area contributed by atoms with Crippen LogP contribution in [0.15, 0.2) is 42.7 Å². The van der Waals surface area contributed by atoms with Crippen molar-refractivity contribution < 1.29 is 0 Å². The molecule has 0 N–H and O–H groups in total. The Hall–Kier alpha value is -2.30. The molecule has 0 saturated carbocycles. The summed E-state index contributed by atoms with van der Waals surface area (Å²) in [7, 11) is 0. The third-order valence-corrected chi connectivity index (χ3v) is 5.76. The van der Waals surface area contributed by atoms with Gasteiger partial charge in [-0.15, -0.1) is 0 Å². The number of rotatable bonds is 4. The summed E-state index contributed by atoms with van der Waals surface area (Å²) in [4.78, 5) is 16.5. The van der Waals surface area contributed by atoms with Crippen LogP contribution in [0.5, 0.6) is 0 Å². The maximum absolute atomic E-state index is 4.60. The van der Waals surface area contributed by atoms with Crippen LogP contribution in [0.25, 0.3) is 0 Å². The van der Waals surface area contributed by atoms with Crippen LogP contribution in [0, 0.1) is 0 Å². The molecule has 1 aromatic heterocycles. The minimum absolute atomic E-state index is 0.626. The Kier molecular flexibility index (Phi) is 5.23. The summed E-state index contributed by atoms with van der Waals surface area (Å²) < 4.78 is 0. The number of benzene rings is 1. The lowest BCUT2D eigenvalue weighted by Gasteiger charge is -2.38. The smallest absolute Gasteiger partial charge is 0.134 e. The summed E-state index contributed by atoms with van der Waals surface area (Å²) in [6.07, 6.45) is 6.83. The highest BCUT2D eigenvalue weighted by Gasteiger charge is 2.24. The van der Waals surface area contributed by atoms with Crippen LogP contribution >= 0.6 is 0 Å². The van der Waals surface area contributed by atoms with Crippen molar-refractivity contribution >= 4 is 17.3 Å². The second kappa shape index (κ2) is 7.94. The quantitative estimate of drug-likeness (QED) is 0.841. The molecule has 138 valence electrons. The first-order valence-electron chi connectivity index (χ1n) is 9.99. The fourth-order valence-corrected chi connectivity index (χ4v) is 4.23.